The van der Waals surface area contributed by atoms with Crippen molar-refractivity contribution in [1.29, 1.82) is 5.26 Å². The van der Waals surface area contributed by atoms with Gasteiger partial charge in [0, 0.05) is 13.1 Å². The van der Waals surface area contributed by atoms with Crippen molar-refractivity contribution in [1.82, 2.24) is 24.8 Å². The average molecular weight is 443 g/mol. The van der Waals surface area contributed by atoms with Crippen LogP contribution in [0, 0.1) is 11.3 Å². The second kappa shape index (κ2) is 9.27. The van der Waals surface area contributed by atoms with Crippen molar-refractivity contribution in [2.75, 3.05) is 17.6 Å². The normalized spacial score (nSPS) is 11.6. The molecule has 0 saturated carbocycles. The van der Waals surface area contributed by atoms with E-state index >= 15 is 0 Å². The molecule has 0 saturated heterocycles. The Bertz CT molecular complexity index is 1240. The first kappa shape index (κ1) is 21.8. The summed E-state index contributed by atoms with van der Waals surface area (Å²) in [5.74, 6) is 0.612. The van der Waals surface area contributed by atoms with Crippen LogP contribution in [0.5, 0.6) is 0 Å². The molecule has 0 aliphatic heterocycles. The molecule has 0 aliphatic rings. The van der Waals surface area contributed by atoms with Crippen molar-refractivity contribution in [3.63, 3.8) is 0 Å². The molecule has 1 atom stereocenters. The SMILES string of the molecule is CC(Nc1ncnc(N)c1C#N)c1nc2cccc(Cl)c2c(=O)n1CCCNC(=O)O. The number of halogens is 1. The van der Waals surface area contributed by atoms with E-state index in [1.807, 2.05) is 6.07 Å². The van der Waals surface area contributed by atoms with Crippen molar-refractivity contribution in [2.45, 2.75) is 25.9 Å². The fourth-order valence-corrected chi connectivity index (χ4v) is 3.36. The fourth-order valence-electron chi connectivity index (χ4n) is 3.11. The van der Waals surface area contributed by atoms with Crippen molar-refractivity contribution < 1.29 is 9.90 Å². The molecule has 3 aromatic rings. The summed E-state index contributed by atoms with van der Waals surface area (Å²) in [7, 11) is 0. The third-order valence-corrected chi connectivity index (χ3v) is 4.84. The summed E-state index contributed by atoms with van der Waals surface area (Å²) in [6.07, 6.45) is 0.435. The summed E-state index contributed by atoms with van der Waals surface area (Å²) < 4.78 is 1.44. The van der Waals surface area contributed by atoms with Crippen LogP contribution in [-0.2, 0) is 6.54 Å². The van der Waals surface area contributed by atoms with E-state index in [1.54, 1.807) is 25.1 Å². The molecular weight excluding hydrogens is 424 g/mol. The summed E-state index contributed by atoms with van der Waals surface area (Å²) in [6, 6.07) is 6.38. The van der Waals surface area contributed by atoms with Gasteiger partial charge in [-0.3, -0.25) is 9.36 Å². The number of hydrogen-bond donors (Lipinski definition) is 4. The minimum Gasteiger partial charge on any atom is -0.465 e. The van der Waals surface area contributed by atoms with E-state index in [9.17, 15) is 14.9 Å². The van der Waals surface area contributed by atoms with Crippen LogP contribution >= 0.6 is 11.6 Å². The van der Waals surface area contributed by atoms with Crippen LogP contribution in [0.1, 0.15) is 30.8 Å². The molecule has 1 aromatic carbocycles. The molecule has 2 heterocycles. The van der Waals surface area contributed by atoms with Crippen LogP contribution in [0.3, 0.4) is 0 Å². The second-order valence-corrected chi connectivity index (χ2v) is 7.01. The number of nitrogens with one attached hydrogen (secondary N) is 2. The van der Waals surface area contributed by atoms with Gasteiger partial charge in [-0.1, -0.05) is 17.7 Å². The van der Waals surface area contributed by atoms with Crippen LogP contribution < -0.4 is 21.9 Å². The molecule has 12 heteroatoms. The molecule has 0 bridgehead atoms. The number of aromatic nitrogens is 4. The van der Waals surface area contributed by atoms with Gasteiger partial charge in [0.15, 0.2) is 0 Å². The van der Waals surface area contributed by atoms with Gasteiger partial charge < -0.3 is 21.5 Å². The predicted molar refractivity (Wildman–Crippen MR) is 115 cm³/mol. The zero-order valence-electron chi connectivity index (χ0n) is 16.5. The Kier molecular flexibility index (Phi) is 6.52. The van der Waals surface area contributed by atoms with E-state index in [1.165, 1.54) is 10.9 Å². The molecule has 0 aliphatic carbocycles. The monoisotopic (exact) mass is 442 g/mol. The molecule has 2 aromatic heterocycles. The van der Waals surface area contributed by atoms with Gasteiger partial charge >= 0.3 is 6.09 Å². The lowest BCUT2D eigenvalue weighted by molar-refractivity contribution is 0.194. The van der Waals surface area contributed by atoms with Crippen LogP contribution in [0.2, 0.25) is 5.02 Å². The number of rotatable bonds is 7. The predicted octanol–water partition coefficient (Wildman–Crippen LogP) is 2.12. The Labute approximate surface area is 181 Å². The summed E-state index contributed by atoms with van der Waals surface area (Å²) in [5.41, 5.74) is 5.89. The smallest absolute Gasteiger partial charge is 0.404 e. The van der Waals surface area contributed by atoms with E-state index in [0.29, 0.717) is 17.8 Å². The maximum absolute atomic E-state index is 13.2. The average Bonchev–Trinajstić information content (AvgIpc) is 2.72. The lowest BCUT2D eigenvalue weighted by atomic mass is 10.2. The number of amides is 1. The standard InChI is InChI=1S/C19H19ClN8O3/c1-10(26-16-11(8-21)15(22)24-9-25-16)17-27-13-5-2-4-12(20)14(13)18(29)28(17)7-3-6-23-19(30)31/h2,4-5,9-10,23H,3,6-7H2,1H3,(H,30,31)(H3,22,24,25,26). The number of nitriles is 1. The summed E-state index contributed by atoms with van der Waals surface area (Å²) in [4.78, 5) is 36.4. The first-order valence-corrected chi connectivity index (χ1v) is 9.64. The number of benzene rings is 1. The van der Waals surface area contributed by atoms with Crippen LogP contribution in [0.4, 0.5) is 16.4 Å². The third kappa shape index (κ3) is 4.65. The quantitative estimate of drug-likeness (QED) is 0.399. The maximum atomic E-state index is 13.2. The van der Waals surface area contributed by atoms with Crippen molar-refractivity contribution >= 4 is 40.2 Å². The lowest BCUT2D eigenvalue weighted by Crippen LogP contribution is -2.31. The maximum Gasteiger partial charge on any atom is 0.404 e. The van der Waals surface area contributed by atoms with Gasteiger partial charge in [0.05, 0.1) is 22.0 Å². The lowest BCUT2D eigenvalue weighted by Gasteiger charge is -2.20. The van der Waals surface area contributed by atoms with Gasteiger partial charge in [0.2, 0.25) is 0 Å². The van der Waals surface area contributed by atoms with Gasteiger partial charge in [-0.15, -0.1) is 0 Å². The molecule has 1 amide bonds. The van der Waals surface area contributed by atoms with Gasteiger partial charge in [-0.2, -0.15) is 5.26 Å². The highest BCUT2D eigenvalue weighted by Gasteiger charge is 2.20. The molecule has 1 unspecified atom stereocenters. The molecular formula is C19H19ClN8O3. The van der Waals surface area contributed by atoms with Crippen molar-refractivity contribution in [3.05, 3.63) is 51.3 Å². The zero-order chi connectivity index (χ0) is 22.5. The van der Waals surface area contributed by atoms with Crippen molar-refractivity contribution in [2.24, 2.45) is 0 Å². The van der Waals surface area contributed by atoms with Gasteiger partial charge in [-0.25, -0.2) is 19.7 Å². The Balaban J connectivity index is 2.04. The van der Waals surface area contributed by atoms with E-state index in [-0.39, 0.29) is 46.3 Å². The van der Waals surface area contributed by atoms with Gasteiger partial charge in [0.1, 0.15) is 35.4 Å². The topological polar surface area (TPSA) is 172 Å². The number of nitrogens with zero attached hydrogens (tertiary/aromatic N) is 5. The molecule has 31 heavy (non-hydrogen) atoms. The first-order chi connectivity index (χ1) is 14.8. The number of fused-ring (bicyclic) bond motifs is 1. The number of nitrogens with two attached hydrogens (primary N) is 1. The second-order valence-electron chi connectivity index (χ2n) is 6.61. The summed E-state index contributed by atoms with van der Waals surface area (Å²) in [6.45, 7) is 2.11. The largest absolute Gasteiger partial charge is 0.465 e. The Morgan fingerprint density at radius 1 is 1.42 bits per heavy atom. The Morgan fingerprint density at radius 3 is 2.90 bits per heavy atom. The summed E-state index contributed by atoms with van der Waals surface area (Å²) in [5, 5.41) is 24.0. The van der Waals surface area contributed by atoms with E-state index < -0.39 is 12.1 Å². The number of anilines is 2. The highest BCUT2D eigenvalue weighted by molar-refractivity contribution is 6.35. The fraction of sp³-hybridized carbons (Fsp3) is 0.263. The molecule has 0 spiro atoms. The molecule has 160 valence electrons. The molecule has 3 rings (SSSR count). The van der Waals surface area contributed by atoms with Gasteiger partial charge in [-0.05, 0) is 25.5 Å². The number of hydrogen-bond acceptors (Lipinski definition) is 8. The minimum absolute atomic E-state index is 0.0302. The summed E-state index contributed by atoms with van der Waals surface area (Å²) >= 11 is 6.23. The number of carbonyl (C=O) groups is 1. The number of carboxylic acid groups (broad SMARTS) is 1. The molecule has 5 N–H and O–H groups in total. The van der Waals surface area contributed by atoms with E-state index in [2.05, 4.69) is 25.6 Å². The van der Waals surface area contributed by atoms with Crippen LogP contribution in [0.25, 0.3) is 10.9 Å². The van der Waals surface area contributed by atoms with Crippen LogP contribution in [-0.4, -0.2) is 37.3 Å². The molecule has 0 radical (unpaired) electrons. The van der Waals surface area contributed by atoms with Crippen molar-refractivity contribution in [3.8, 4) is 6.07 Å². The zero-order valence-corrected chi connectivity index (χ0v) is 17.2. The van der Waals surface area contributed by atoms with Gasteiger partial charge in [0.25, 0.3) is 5.56 Å². The Morgan fingerprint density at radius 2 is 2.19 bits per heavy atom. The molecule has 11 nitrogen and oxygen atoms in total. The minimum atomic E-state index is -1.15. The molecule has 0 fully saturated rings. The van der Waals surface area contributed by atoms with E-state index in [4.69, 9.17) is 22.4 Å². The number of nitrogen functional groups attached to an aromatic ring is 1. The highest BCUT2D eigenvalue weighted by atomic mass is 35.5. The van der Waals surface area contributed by atoms with Crippen LogP contribution in [0.15, 0.2) is 29.3 Å². The highest BCUT2D eigenvalue weighted by Crippen LogP contribution is 2.24. The first-order valence-electron chi connectivity index (χ1n) is 9.26. The van der Waals surface area contributed by atoms with E-state index in [0.717, 1.165) is 0 Å². The third-order valence-electron chi connectivity index (χ3n) is 4.53. The Hall–Kier alpha value is -3.91.